The van der Waals surface area contributed by atoms with E-state index in [0.717, 1.165) is 24.5 Å². The van der Waals surface area contributed by atoms with E-state index < -0.39 is 34.5 Å². The SMILES string of the molecule is CCC(C)(C)OC(=O)NCC1=CCN(c2c(F)cc3c(=O)c(C(=O)O)cn(C4CC4)c3c2Cl)C1. The highest BCUT2D eigenvalue weighted by Gasteiger charge is 2.31. The largest absolute Gasteiger partial charge is 0.477 e. The quantitative estimate of drug-likeness (QED) is 0.553. The minimum absolute atomic E-state index is 0.0202. The highest BCUT2D eigenvalue weighted by Crippen LogP contribution is 2.42. The Labute approximate surface area is 200 Å². The summed E-state index contributed by atoms with van der Waals surface area (Å²) in [5.41, 5.74) is -0.386. The van der Waals surface area contributed by atoms with Gasteiger partial charge in [-0.15, -0.1) is 0 Å². The molecule has 1 aromatic carbocycles. The molecule has 2 aliphatic rings. The van der Waals surface area contributed by atoms with E-state index >= 15 is 4.39 Å². The zero-order chi connectivity index (χ0) is 24.8. The van der Waals surface area contributed by atoms with Crippen molar-refractivity contribution < 1.29 is 23.8 Å². The first-order chi connectivity index (χ1) is 16.0. The maximum atomic E-state index is 15.2. The van der Waals surface area contributed by atoms with Crippen LogP contribution in [0.1, 0.15) is 56.4 Å². The molecule has 1 fully saturated rings. The molecule has 10 heteroatoms. The number of nitrogens with one attached hydrogen (secondary N) is 1. The first kappa shape index (κ1) is 24.1. The second-order valence-corrected chi connectivity index (χ2v) is 9.71. The number of aromatic carboxylic acids is 1. The molecule has 1 saturated carbocycles. The molecule has 4 rings (SSSR count). The van der Waals surface area contributed by atoms with E-state index in [1.54, 1.807) is 9.47 Å². The van der Waals surface area contributed by atoms with Crippen molar-refractivity contribution in [2.75, 3.05) is 24.5 Å². The maximum absolute atomic E-state index is 15.2. The molecular weight excluding hydrogens is 465 g/mol. The minimum atomic E-state index is -1.36. The van der Waals surface area contributed by atoms with E-state index in [1.165, 1.54) is 6.20 Å². The molecule has 0 saturated heterocycles. The molecule has 8 nitrogen and oxygen atoms in total. The molecule has 1 aliphatic carbocycles. The lowest BCUT2D eigenvalue weighted by Crippen LogP contribution is -2.35. The fraction of sp³-hybridized carbons (Fsp3) is 0.458. The summed E-state index contributed by atoms with van der Waals surface area (Å²) in [6, 6.07) is 1.09. The van der Waals surface area contributed by atoms with Gasteiger partial charge in [0.05, 0.1) is 21.6 Å². The topological polar surface area (TPSA) is 101 Å². The average molecular weight is 492 g/mol. The number of rotatable bonds is 7. The lowest BCUT2D eigenvalue weighted by Gasteiger charge is -2.24. The van der Waals surface area contributed by atoms with Crippen LogP contribution < -0.4 is 15.6 Å². The first-order valence-electron chi connectivity index (χ1n) is 11.2. The molecular formula is C24H27ClFN3O5. The predicted molar refractivity (Wildman–Crippen MR) is 128 cm³/mol. The van der Waals surface area contributed by atoms with E-state index in [2.05, 4.69) is 5.32 Å². The number of carbonyl (C=O) groups is 2. The van der Waals surface area contributed by atoms with Crippen molar-refractivity contribution in [2.45, 2.75) is 51.7 Å². The third-order valence-corrected chi connectivity index (χ3v) is 6.70. The number of carbonyl (C=O) groups excluding carboxylic acids is 1. The molecule has 1 amide bonds. The van der Waals surface area contributed by atoms with Crippen molar-refractivity contribution in [3.8, 4) is 0 Å². The monoisotopic (exact) mass is 491 g/mol. The van der Waals surface area contributed by atoms with E-state index in [9.17, 15) is 19.5 Å². The molecule has 0 spiro atoms. The summed E-state index contributed by atoms with van der Waals surface area (Å²) < 4.78 is 22.3. The normalized spacial score (nSPS) is 16.0. The number of anilines is 1. The lowest BCUT2D eigenvalue weighted by atomic mass is 10.1. The summed E-state index contributed by atoms with van der Waals surface area (Å²) in [7, 11) is 0. The summed E-state index contributed by atoms with van der Waals surface area (Å²) in [5, 5.41) is 12.2. The number of hydrogen-bond acceptors (Lipinski definition) is 5. The van der Waals surface area contributed by atoms with E-state index in [1.807, 2.05) is 26.8 Å². The smallest absolute Gasteiger partial charge is 0.407 e. The average Bonchev–Trinajstić information content (AvgIpc) is 3.51. The molecule has 2 N–H and O–H groups in total. The van der Waals surface area contributed by atoms with Gasteiger partial charge in [0.15, 0.2) is 0 Å². The van der Waals surface area contributed by atoms with Crippen LogP contribution >= 0.6 is 11.6 Å². The van der Waals surface area contributed by atoms with Crippen molar-refractivity contribution in [3.63, 3.8) is 0 Å². The number of halogens is 2. The minimum Gasteiger partial charge on any atom is -0.477 e. The van der Waals surface area contributed by atoms with Gasteiger partial charge >= 0.3 is 12.1 Å². The molecule has 0 radical (unpaired) electrons. The van der Waals surface area contributed by atoms with Crippen molar-refractivity contribution in [3.05, 3.63) is 50.5 Å². The lowest BCUT2D eigenvalue weighted by molar-refractivity contribution is 0.0367. The molecule has 1 aliphatic heterocycles. The van der Waals surface area contributed by atoms with Crippen molar-refractivity contribution in [1.82, 2.24) is 9.88 Å². The van der Waals surface area contributed by atoms with Gasteiger partial charge < -0.3 is 24.6 Å². The highest BCUT2D eigenvalue weighted by atomic mass is 35.5. The highest BCUT2D eigenvalue weighted by molar-refractivity contribution is 6.38. The Hall–Kier alpha value is -3.07. The molecule has 34 heavy (non-hydrogen) atoms. The number of alkyl carbamates (subject to hydrolysis) is 1. The number of amides is 1. The molecule has 0 bridgehead atoms. The third kappa shape index (κ3) is 4.61. The van der Waals surface area contributed by atoms with Crippen molar-refractivity contribution >= 4 is 40.3 Å². The number of nitrogens with zero attached hydrogens (tertiary/aromatic N) is 2. The number of hydrogen-bond donors (Lipinski definition) is 2. The van der Waals surface area contributed by atoms with Gasteiger partial charge in [-0.1, -0.05) is 24.6 Å². The predicted octanol–water partition coefficient (Wildman–Crippen LogP) is 4.49. The second kappa shape index (κ2) is 8.94. The number of carboxylic acids is 1. The zero-order valence-electron chi connectivity index (χ0n) is 19.3. The molecule has 0 atom stereocenters. The van der Waals surface area contributed by atoms with E-state index in [-0.39, 0.29) is 28.7 Å². The summed E-state index contributed by atoms with van der Waals surface area (Å²) in [5.74, 6) is -2.06. The first-order valence-corrected chi connectivity index (χ1v) is 11.6. The Bertz CT molecular complexity index is 1270. The maximum Gasteiger partial charge on any atom is 0.407 e. The number of pyridine rings is 1. The van der Waals surface area contributed by atoms with Gasteiger partial charge in [0, 0.05) is 31.9 Å². The van der Waals surface area contributed by atoms with Crippen molar-refractivity contribution in [1.29, 1.82) is 0 Å². The summed E-state index contributed by atoms with van der Waals surface area (Å²) >= 11 is 6.67. The van der Waals surface area contributed by atoms with Gasteiger partial charge in [-0.2, -0.15) is 0 Å². The standard InChI is InChI=1S/C24H27ClFN3O5/c1-4-24(2,3)34-23(33)27-10-13-7-8-28(11-13)20-17(26)9-15-19(18(20)25)29(14-5-6-14)12-16(21(15)30)22(31)32/h7,9,12,14H,4-6,8,10-11H2,1-3H3,(H,27,33)(H,31,32). The Morgan fingerprint density at radius 1 is 1.35 bits per heavy atom. The number of aromatic nitrogens is 1. The van der Waals surface area contributed by atoms with Gasteiger partial charge in [-0.05, 0) is 44.7 Å². The molecule has 0 unspecified atom stereocenters. The van der Waals surface area contributed by atoms with Crippen LogP contribution in [0.25, 0.3) is 10.9 Å². The van der Waals surface area contributed by atoms with Gasteiger partial charge in [-0.3, -0.25) is 4.79 Å². The molecule has 1 aromatic heterocycles. The van der Waals surface area contributed by atoms with Gasteiger partial charge in [0.25, 0.3) is 0 Å². The molecule has 2 heterocycles. The van der Waals surface area contributed by atoms with Crippen LogP contribution in [-0.4, -0.2) is 47.0 Å². The van der Waals surface area contributed by atoms with Gasteiger partial charge in [-0.25, -0.2) is 14.0 Å². The van der Waals surface area contributed by atoms with Gasteiger partial charge in [0.1, 0.15) is 17.0 Å². The number of fused-ring (bicyclic) bond motifs is 1. The fourth-order valence-electron chi connectivity index (χ4n) is 3.97. The van der Waals surface area contributed by atoms with Crippen LogP contribution in [-0.2, 0) is 4.74 Å². The number of carboxylic acid groups (broad SMARTS) is 1. The Morgan fingerprint density at radius 2 is 2.06 bits per heavy atom. The van der Waals surface area contributed by atoms with Crippen LogP contribution in [0.2, 0.25) is 5.02 Å². The van der Waals surface area contributed by atoms with Crippen LogP contribution in [0.3, 0.4) is 0 Å². The zero-order valence-corrected chi connectivity index (χ0v) is 20.0. The van der Waals surface area contributed by atoms with Crippen LogP contribution in [0, 0.1) is 5.82 Å². The van der Waals surface area contributed by atoms with Gasteiger partial charge in [0.2, 0.25) is 5.43 Å². The molecule has 182 valence electrons. The number of benzene rings is 1. The molecule has 2 aromatic rings. The van der Waals surface area contributed by atoms with Crippen LogP contribution in [0.15, 0.2) is 28.7 Å². The Balaban J connectivity index is 1.59. The summed E-state index contributed by atoms with van der Waals surface area (Å²) in [6.45, 7) is 6.53. The summed E-state index contributed by atoms with van der Waals surface area (Å²) in [4.78, 5) is 38.1. The van der Waals surface area contributed by atoms with E-state index in [0.29, 0.717) is 25.0 Å². The van der Waals surface area contributed by atoms with Crippen LogP contribution in [0.4, 0.5) is 14.9 Å². The summed E-state index contributed by atoms with van der Waals surface area (Å²) in [6.07, 6.45) is 4.99. The third-order valence-electron chi connectivity index (χ3n) is 6.35. The Morgan fingerprint density at radius 3 is 2.68 bits per heavy atom. The van der Waals surface area contributed by atoms with Crippen molar-refractivity contribution in [2.24, 2.45) is 0 Å². The number of ether oxygens (including phenoxy) is 1. The second-order valence-electron chi connectivity index (χ2n) is 9.33. The fourth-order valence-corrected chi connectivity index (χ4v) is 4.38. The van der Waals surface area contributed by atoms with E-state index in [4.69, 9.17) is 16.3 Å². The Kier molecular flexibility index (Phi) is 6.33. The van der Waals surface area contributed by atoms with Crippen LogP contribution in [0.5, 0.6) is 0 Å².